The maximum atomic E-state index is 10.9. The number of rotatable bonds is 5. The minimum absolute atomic E-state index is 0.000809. The number of nitro groups is 1. The highest BCUT2D eigenvalue weighted by molar-refractivity contribution is 7.09. The number of anilines is 1. The second-order valence-corrected chi connectivity index (χ2v) is 4.95. The van der Waals surface area contributed by atoms with Crippen LogP contribution in [0, 0.1) is 17.0 Å². The summed E-state index contributed by atoms with van der Waals surface area (Å²) in [6, 6.07) is 3.66. The quantitative estimate of drug-likeness (QED) is 0.648. The Hall–Kier alpha value is -2.48. The van der Waals surface area contributed by atoms with Crippen LogP contribution in [0.4, 0.5) is 11.4 Å². The molecule has 7 nitrogen and oxygen atoms in total. The van der Waals surface area contributed by atoms with Gasteiger partial charge in [0.1, 0.15) is 5.69 Å². The van der Waals surface area contributed by atoms with Gasteiger partial charge in [-0.2, -0.15) is 0 Å². The molecule has 0 radical (unpaired) electrons. The summed E-state index contributed by atoms with van der Waals surface area (Å²) in [6.07, 6.45) is 0. The van der Waals surface area contributed by atoms with Gasteiger partial charge in [-0.25, -0.2) is 9.78 Å². The van der Waals surface area contributed by atoms with Gasteiger partial charge in [0.2, 0.25) is 0 Å². The van der Waals surface area contributed by atoms with E-state index in [0.717, 1.165) is 10.6 Å². The molecule has 2 rings (SSSR count). The number of aryl methyl sites for hydroxylation is 1. The molecule has 0 aliphatic carbocycles. The molecule has 1 aromatic heterocycles. The SMILES string of the molecule is Cc1ncsc1CNc1cc(C(=O)O)ccc1[N+](=O)[O-]. The molecule has 0 spiro atoms. The van der Waals surface area contributed by atoms with Crippen LogP contribution >= 0.6 is 11.3 Å². The van der Waals surface area contributed by atoms with Crippen molar-refractivity contribution in [3.05, 3.63) is 50.0 Å². The fourth-order valence-electron chi connectivity index (χ4n) is 1.64. The van der Waals surface area contributed by atoms with Crippen LogP contribution in [-0.2, 0) is 6.54 Å². The zero-order valence-electron chi connectivity index (χ0n) is 10.5. The van der Waals surface area contributed by atoms with E-state index in [1.165, 1.54) is 29.5 Å². The molecule has 0 saturated carbocycles. The van der Waals surface area contributed by atoms with Crippen molar-refractivity contribution >= 4 is 28.7 Å². The van der Waals surface area contributed by atoms with E-state index in [4.69, 9.17) is 5.11 Å². The summed E-state index contributed by atoms with van der Waals surface area (Å²) < 4.78 is 0. The average molecular weight is 293 g/mol. The second-order valence-electron chi connectivity index (χ2n) is 4.01. The van der Waals surface area contributed by atoms with Crippen molar-refractivity contribution in [3.8, 4) is 0 Å². The third-order valence-electron chi connectivity index (χ3n) is 2.72. The molecule has 1 aromatic carbocycles. The Labute approximate surface area is 118 Å². The van der Waals surface area contributed by atoms with Gasteiger partial charge in [0.25, 0.3) is 5.69 Å². The Morgan fingerprint density at radius 2 is 2.30 bits per heavy atom. The van der Waals surface area contributed by atoms with E-state index in [-0.39, 0.29) is 16.9 Å². The van der Waals surface area contributed by atoms with Gasteiger partial charge in [0, 0.05) is 10.9 Å². The predicted octanol–water partition coefficient (Wildman–Crippen LogP) is 2.67. The number of aromatic nitrogens is 1. The van der Waals surface area contributed by atoms with Crippen molar-refractivity contribution in [1.82, 2.24) is 4.98 Å². The van der Waals surface area contributed by atoms with E-state index in [2.05, 4.69) is 10.3 Å². The molecule has 2 aromatic rings. The number of nitrogens with one attached hydrogen (secondary N) is 1. The largest absolute Gasteiger partial charge is 0.478 e. The summed E-state index contributed by atoms with van der Waals surface area (Å²) in [6.45, 7) is 2.20. The fraction of sp³-hybridized carbons (Fsp3) is 0.167. The Morgan fingerprint density at radius 1 is 1.55 bits per heavy atom. The van der Waals surface area contributed by atoms with Crippen molar-refractivity contribution in [2.45, 2.75) is 13.5 Å². The summed E-state index contributed by atoms with van der Waals surface area (Å²) in [4.78, 5) is 26.3. The molecule has 8 heteroatoms. The lowest BCUT2D eigenvalue weighted by Crippen LogP contribution is -2.05. The molecule has 20 heavy (non-hydrogen) atoms. The number of nitro benzene ring substituents is 1. The minimum atomic E-state index is -1.13. The molecule has 0 amide bonds. The van der Waals surface area contributed by atoms with Crippen LogP contribution in [0.3, 0.4) is 0 Å². The first kappa shape index (κ1) is 13.9. The Kier molecular flexibility index (Phi) is 3.94. The third kappa shape index (κ3) is 2.91. The molecule has 104 valence electrons. The predicted molar refractivity (Wildman–Crippen MR) is 74.2 cm³/mol. The summed E-state index contributed by atoms with van der Waals surface area (Å²) in [7, 11) is 0. The third-order valence-corrected chi connectivity index (χ3v) is 3.66. The first-order chi connectivity index (χ1) is 9.49. The van der Waals surface area contributed by atoms with Gasteiger partial charge in [-0.1, -0.05) is 0 Å². The first-order valence-corrected chi connectivity index (χ1v) is 6.51. The number of hydrogen-bond donors (Lipinski definition) is 2. The van der Waals surface area contributed by atoms with Crippen molar-refractivity contribution < 1.29 is 14.8 Å². The van der Waals surface area contributed by atoms with Crippen molar-refractivity contribution in [3.63, 3.8) is 0 Å². The Bertz CT molecular complexity index is 668. The molecular weight excluding hydrogens is 282 g/mol. The fourth-order valence-corrected chi connectivity index (χ4v) is 2.36. The van der Waals surface area contributed by atoms with Gasteiger partial charge < -0.3 is 10.4 Å². The van der Waals surface area contributed by atoms with E-state index in [1.54, 1.807) is 5.51 Å². The maximum Gasteiger partial charge on any atom is 0.335 e. The van der Waals surface area contributed by atoms with Crippen molar-refractivity contribution in [2.75, 3.05) is 5.32 Å². The van der Waals surface area contributed by atoms with Gasteiger partial charge in [-0.3, -0.25) is 10.1 Å². The molecule has 0 unspecified atom stereocenters. The standard InChI is InChI=1S/C12H11N3O4S/c1-7-11(20-6-14-7)5-13-9-4-8(12(16)17)2-3-10(9)15(18)19/h2-4,6,13H,5H2,1H3,(H,16,17). The molecule has 2 N–H and O–H groups in total. The van der Waals surface area contributed by atoms with Gasteiger partial charge in [0.15, 0.2) is 0 Å². The van der Waals surface area contributed by atoms with E-state index in [1.807, 2.05) is 6.92 Å². The summed E-state index contributed by atoms with van der Waals surface area (Å²) in [5.74, 6) is -1.13. The lowest BCUT2D eigenvalue weighted by Gasteiger charge is -2.07. The number of aromatic carboxylic acids is 1. The van der Waals surface area contributed by atoms with Crippen LogP contribution in [0.25, 0.3) is 0 Å². The number of carboxylic acid groups (broad SMARTS) is 1. The van der Waals surface area contributed by atoms with Gasteiger partial charge in [-0.05, 0) is 19.1 Å². The molecule has 1 heterocycles. The number of thiazole rings is 1. The van der Waals surface area contributed by atoms with E-state index < -0.39 is 10.9 Å². The Morgan fingerprint density at radius 3 is 2.85 bits per heavy atom. The van der Waals surface area contributed by atoms with Gasteiger partial charge >= 0.3 is 5.97 Å². The lowest BCUT2D eigenvalue weighted by atomic mass is 10.1. The number of hydrogen-bond acceptors (Lipinski definition) is 6. The number of benzene rings is 1. The highest BCUT2D eigenvalue weighted by atomic mass is 32.1. The number of carboxylic acids is 1. The average Bonchev–Trinajstić information content (AvgIpc) is 2.81. The van der Waals surface area contributed by atoms with Gasteiger partial charge in [-0.15, -0.1) is 11.3 Å². The zero-order valence-corrected chi connectivity index (χ0v) is 11.3. The van der Waals surface area contributed by atoms with Gasteiger partial charge in [0.05, 0.1) is 28.2 Å². The van der Waals surface area contributed by atoms with Crippen molar-refractivity contribution in [1.29, 1.82) is 0 Å². The number of nitrogens with zero attached hydrogens (tertiary/aromatic N) is 2. The molecule has 0 bridgehead atoms. The van der Waals surface area contributed by atoms with Crippen molar-refractivity contribution in [2.24, 2.45) is 0 Å². The first-order valence-electron chi connectivity index (χ1n) is 5.63. The van der Waals surface area contributed by atoms with E-state index >= 15 is 0 Å². The molecule has 0 atom stereocenters. The Balaban J connectivity index is 2.28. The highest BCUT2D eigenvalue weighted by Gasteiger charge is 2.16. The molecule has 0 fully saturated rings. The second kappa shape index (κ2) is 5.66. The molecule has 0 aliphatic rings. The number of carbonyl (C=O) groups is 1. The minimum Gasteiger partial charge on any atom is -0.478 e. The maximum absolute atomic E-state index is 10.9. The van der Waals surface area contributed by atoms with Crippen LogP contribution in [0.2, 0.25) is 0 Å². The zero-order chi connectivity index (χ0) is 14.7. The summed E-state index contributed by atoms with van der Waals surface area (Å²) in [5, 5.41) is 22.8. The lowest BCUT2D eigenvalue weighted by molar-refractivity contribution is -0.384. The van der Waals surface area contributed by atoms with E-state index in [0.29, 0.717) is 6.54 Å². The normalized spacial score (nSPS) is 10.2. The van der Waals surface area contributed by atoms with Crippen LogP contribution in [0.1, 0.15) is 20.9 Å². The topological polar surface area (TPSA) is 105 Å². The molecular formula is C12H11N3O4S. The molecule has 0 aliphatic heterocycles. The van der Waals surface area contributed by atoms with Crippen LogP contribution < -0.4 is 5.32 Å². The smallest absolute Gasteiger partial charge is 0.335 e. The monoisotopic (exact) mass is 293 g/mol. The van der Waals surface area contributed by atoms with E-state index in [9.17, 15) is 14.9 Å². The van der Waals surface area contributed by atoms with Crippen LogP contribution in [0.5, 0.6) is 0 Å². The summed E-state index contributed by atoms with van der Waals surface area (Å²) >= 11 is 1.43. The highest BCUT2D eigenvalue weighted by Crippen LogP contribution is 2.26. The molecule has 0 saturated heterocycles. The van der Waals surface area contributed by atoms with Crippen LogP contribution in [-0.4, -0.2) is 21.0 Å². The van der Waals surface area contributed by atoms with Crippen LogP contribution in [0.15, 0.2) is 23.7 Å². The summed E-state index contributed by atoms with van der Waals surface area (Å²) in [5.41, 5.74) is 2.56.